The molecular formula is C19H30N4O2. The molecule has 2 unspecified atom stereocenters. The molecular weight excluding hydrogens is 316 g/mol. The molecule has 6 heteroatoms. The molecule has 2 aliphatic rings. The molecule has 1 N–H and O–H groups in total. The molecule has 138 valence electrons. The Balaban J connectivity index is 1.58. The van der Waals surface area contributed by atoms with E-state index in [0.717, 1.165) is 58.3 Å². The highest BCUT2D eigenvalue weighted by Crippen LogP contribution is 2.24. The molecule has 0 aliphatic carbocycles. The standard InChI is InChI=1S/C19H30N4O2/c1-20-19(21-9-6-11-24-2)23-14-17-18(15-23)25-12-10-22(17)13-16-7-4-3-5-8-16/h3-5,7-8,17-18H,6,9-15H2,1-2H3,(H,20,21). The van der Waals surface area contributed by atoms with Gasteiger partial charge in [-0.05, 0) is 12.0 Å². The summed E-state index contributed by atoms with van der Waals surface area (Å²) in [7, 11) is 3.59. The summed E-state index contributed by atoms with van der Waals surface area (Å²) >= 11 is 0. The Kier molecular flexibility index (Phi) is 6.67. The van der Waals surface area contributed by atoms with Gasteiger partial charge in [0.05, 0.1) is 18.8 Å². The average Bonchev–Trinajstić information content (AvgIpc) is 3.08. The van der Waals surface area contributed by atoms with E-state index in [-0.39, 0.29) is 6.10 Å². The van der Waals surface area contributed by atoms with Crippen LogP contribution in [0.2, 0.25) is 0 Å². The van der Waals surface area contributed by atoms with Crippen molar-refractivity contribution >= 4 is 5.96 Å². The van der Waals surface area contributed by atoms with Crippen LogP contribution in [0.4, 0.5) is 0 Å². The Morgan fingerprint density at radius 3 is 2.92 bits per heavy atom. The number of aliphatic imine (C=N–C) groups is 1. The molecule has 0 bridgehead atoms. The minimum Gasteiger partial charge on any atom is -0.385 e. The van der Waals surface area contributed by atoms with Crippen LogP contribution >= 0.6 is 0 Å². The van der Waals surface area contributed by atoms with Crippen molar-refractivity contribution in [3.05, 3.63) is 35.9 Å². The second kappa shape index (κ2) is 9.17. The molecule has 2 fully saturated rings. The first kappa shape index (κ1) is 18.2. The van der Waals surface area contributed by atoms with E-state index in [1.165, 1.54) is 5.56 Å². The van der Waals surface area contributed by atoms with Crippen molar-refractivity contribution in [2.45, 2.75) is 25.1 Å². The highest BCUT2D eigenvalue weighted by Gasteiger charge is 2.41. The maximum atomic E-state index is 6.05. The third-order valence-corrected chi connectivity index (χ3v) is 4.96. The van der Waals surface area contributed by atoms with Gasteiger partial charge >= 0.3 is 0 Å². The van der Waals surface area contributed by atoms with Gasteiger partial charge in [0, 0.05) is 53.5 Å². The lowest BCUT2D eigenvalue weighted by atomic mass is 10.1. The molecule has 3 rings (SSSR count). The minimum atomic E-state index is 0.259. The first-order valence-corrected chi connectivity index (χ1v) is 9.16. The number of likely N-dealkylation sites (tertiary alicyclic amines) is 1. The minimum absolute atomic E-state index is 0.259. The fourth-order valence-corrected chi connectivity index (χ4v) is 3.69. The number of benzene rings is 1. The molecule has 1 aromatic carbocycles. The molecule has 0 saturated carbocycles. The normalized spacial score (nSPS) is 24.4. The number of rotatable bonds is 6. The fraction of sp³-hybridized carbons (Fsp3) is 0.632. The number of nitrogens with zero attached hydrogens (tertiary/aromatic N) is 3. The largest absolute Gasteiger partial charge is 0.385 e. The van der Waals surface area contributed by atoms with Gasteiger partial charge in [-0.1, -0.05) is 30.3 Å². The molecule has 1 aromatic rings. The van der Waals surface area contributed by atoms with Crippen molar-refractivity contribution in [3.8, 4) is 0 Å². The van der Waals surface area contributed by atoms with Gasteiger partial charge in [0.1, 0.15) is 0 Å². The van der Waals surface area contributed by atoms with E-state index in [2.05, 4.69) is 50.4 Å². The van der Waals surface area contributed by atoms with Crippen molar-refractivity contribution in [2.75, 3.05) is 53.6 Å². The summed E-state index contributed by atoms with van der Waals surface area (Å²) in [5.74, 6) is 0.966. The predicted octanol–water partition coefficient (Wildman–Crippen LogP) is 1.18. The predicted molar refractivity (Wildman–Crippen MR) is 99.8 cm³/mol. The van der Waals surface area contributed by atoms with Gasteiger partial charge in [0.25, 0.3) is 0 Å². The van der Waals surface area contributed by atoms with E-state index >= 15 is 0 Å². The van der Waals surface area contributed by atoms with Gasteiger partial charge < -0.3 is 19.7 Å². The van der Waals surface area contributed by atoms with Gasteiger partial charge in [-0.3, -0.25) is 9.89 Å². The number of fused-ring (bicyclic) bond motifs is 1. The van der Waals surface area contributed by atoms with Crippen LogP contribution in [0.1, 0.15) is 12.0 Å². The second-order valence-corrected chi connectivity index (χ2v) is 6.66. The Bertz CT molecular complexity index is 552. The molecule has 6 nitrogen and oxygen atoms in total. The van der Waals surface area contributed by atoms with Gasteiger partial charge in [-0.15, -0.1) is 0 Å². The number of methoxy groups -OCH3 is 1. The van der Waals surface area contributed by atoms with Crippen LogP contribution in [0.3, 0.4) is 0 Å². The molecule has 2 atom stereocenters. The van der Waals surface area contributed by atoms with Crippen molar-refractivity contribution in [2.24, 2.45) is 4.99 Å². The van der Waals surface area contributed by atoms with Crippen LogP contribution < -0.4 is 5.32 Å². The van der Waals surface area contributed by atoms with E-state index in [9.17, 15) is 0 Å². The van der Waals surface area contributed by atoms with Gasteiger partial charge in [-0.25, -0.2) is 0 Å². The number of morpholine rings is 1. The SMILES string of the molecule is CN=C(NCCCOC)N1CC2OCCN(Cc3ccccc3)C2C1. The monoisotopic (exact) mass is 346 g/mol. The Labute approximate surface area is 150 Å². The number of guanidine groups is 1. The molecule has 2 saturated heterocycles. The summed E-state index contributed by atoms with van der Waals surface area (Å²) in [6.45, 7) is 6.29. The van der Waals surface area contributed by atoms with Crippen molar-refractivity contribution < 1.29 is 9.47 Å². The summed E-state index contributed by atoms with van der Waals surface area (Å²) < 4.78 is 11.2. The van der Waals surface area contributed by atoms with Crippen molar-refractivity contribution in [3.63, 3.8) is 0 Å². The zero-order valence-electron chi connectivity index (χ0n) is 15.4. The van der Waals surface area contributed by atoms with Gasteiger partial charge in [0.2, 0.25) is 0 Å². The first-order chi connectivity index (χ1) is 12.3. The van der Waals surface area contributed by atoms with Gasteiger partial charge in [-0.2, -0.15) is 0 Å². The summed E-state index contributed by atoms with van der Waals surface area (Å²) in [6.07, 6.45) is 1.24. The third kappa shape index (κ3) is 4.71. The Hall–Kier alpha value is -1.63. The lowest BCUT2D eigenvalue weighted by molar-refractivity contribution is -0.0502. The third-order valence-electron chi connectivity index (χ3n) is 4.96. The second-order valence-electron chi connectivity index (χ2n) is 6.66. The van der Waals surface area contributed by atoms with Crippen LogP contribution in [-0.2, 0) is 16.0 Å². The maximum absolute atomic E-state index is 6.05. The molecule has 25 heavy (non-hydrogen) atoms. The molecule has 2 heterocycles. The Morgan fingerprint density at radius 2 is 2.16 bits per heavy atom. The average molecular weight is 346 g/mol. The summed E-state index contributed by atoms with van der Waals surface area (Å²) in [5, 5.41) is 3.44. The van der Waals surface area contributed by atoms with Crippen LogP contribution in [0, 0.1) is 0 Å². The van der Waals surface area contributed by atoms with Crippen molar-refractivity contribution in [1.82, 2.24) is 15.1 Å². The van der Waals surface area contributed by atoms with E-state index < -0.39 is 0 Å². The molecule has 2 aliphatic heterocycles. The summed E-state index contributed by atoms with van der Waals surface area (Å²) in [5.41, 5.74) is 1.36. The lowest BCUT2D eigenvalue weighted by Crippen LogP contribution is -2.50. The maximum Gasteiger partial charge on any atom is 0.193 e. The summed E-state index contributed by atoms with van der Waals surface area (Å²) in [6, 6.07) is 11.1. The van der Waals surface area contributed by atoms with E-state index in [4.69, 9.17) is 9.47 Å². The highest BCUT2D eigenvalue weighted by atomic mass is 16.5. The smallest absolute Gasteiger partial charge is 0.193 e. The quantitative estimate of drug-likeness (QED) is 0.476. The van der Waals surface area contributed by atoms with Crippen LogP contribution in [0.15, 0.2) is 35.3 Å². The number of ether oxygens (including phenoxy) is 2. The molecule has 0 radical (unpaired) electrons. The van der Waals surface area contributed by atoms with Crippen molar-refractivity contribution in [1.29, 1.82) is 0 Å². The van der Waals surface area contributed by atoms with E-state index in [0.29, 0.717) is 6.04 Å². The summed E-state index contributed by atoms with van der Waals surface area (Å²) in [4.78, 5) is 9.33. The van der Waals surface area contributed by atoms with E-state index in [1.54, 1.807) is 7.11 Å². The number of hydrogen-bond acceptors (Lipinski definition) is 4. The van der Waals surface area contributed by atoms with Crippen LogP contribution in [0.25, 0.3) is 0 Å². The molecule has 0 aromatic heterocycles. The number of hydrogen-bond donors (Lipinski definition) is 1. The lowest BCUT2D eigenvalue weighted by Gasteiger charge is -2.36. The topological polar surface area (TPSA) is 49.3 Å². The Morgan fingerprint density at radius 1 is 1.32 bits per heavy atom. The first-order valence-electron chi connectivity index (χ1n) is 9.16. The number of nitrogens with one attached hydrogen (secondary N) is 1. The molecule has 0 spiro atoms. The fourth-order valence-electron chi connectivity index (χ4n) is 3.69. The molecule has 0 amide bonds. The van der Waals surface area contributed by atoms with Crippen LogP contribution in [0.5, 0.6) is 0 Å². The zero-order valence-corrected chi connectivity index (χ0v) is 15.4. The highest BCUT2D eigenvalue weighted by molar-refractivity contribution is 5.80. The zero-order chi connectivity index (χ0) is 17.5. The van der Waals surface area contributed by atoms with E-state index in [1.807, 2.05) is 7.05 Å². The van der Waals surface area contributed by atoms with Crippen LogP contribution in [-0.4, -0.2) is 81.5 Å². The van der Waals surface area contributed by atoms with Gasteiger partial charge in [0.15, 0.2) is 5.96 Å².